The predicted molar refractivity (Wildman–Crippen MR) is 53.1 cm³/mol. The summed E-state index contributed by atoms with van der Waals surface area (Å²) in [4.78, 5) is 1.65. The summed E-state index contributed by atoms with van der Waals surface area (Å²) in [7, 11) is 3.49. The molecule has 0 bridgehead atoms. The molecule has 2 nitrogen and oxygen atoms in total. The molecular weight excluding hydrogens is 235 g/mol. The fraction of sp³-hybridized carbons (Fsp3) is 0.222. The molecule has 0 amide bonds. The highest BCUT2D eigenvalue weighted by atomic mass is 79.9. The molecule has 0 aliphatic rings. The molecule has 0 saturated carbocycles. The Morgan fingerprint density at radius 1 is 1.46 bits per heavy atom. The van der Waals surface area contributed by atoms with Crippen LogP contribution in [0.4, 0.5) is 10.1 Å². The van der Waals surface area contributed by atoms with Crippen LogP contribution in [0.5, 0.6) is 0 Å². The molecule has 0 atom stereocenters. The highest BCUT2D eigenvalue weighted by Gasteiger charge is 2.11. The molecular formula is C9H8BrFN2. The van der Waals surface area contributed by atoms with Gasteiger partial charge in [0.1, 0.15) is 6.07 Å². The zero-order valence-electron chi connectivity index (χ0n) is 7.31. The molecule has 0 spiro atoms. The maximum Gasteiger partial charge on any atom is 0.161 e. The van der Waals surface area contributed by atoms with Crippen LogP contribution in [0.25, 0.3) is 0 Å². The zero-order chi connectivity index (χ0) is 10.0. The third-order valence-electron chi connectivity index (χ3n) is 1.66. The van der Waals surface area contributed by atoms with Crippen molar-refractivity contribution in [2.24, 2.45) is 0 Å². The molecule has 0 heterocycles. The van der Waals surface area contributed by atoms with Gasteiger partial charge in [-0.25, -0.2) is 4.39 Å². The van der Waals surface area contributed by atoms with Gasteiger partial charge in [-0.2, -0.15) is 5.26 Å². The van der Waals surface area contributed by atoms with Gasteiger partial charge in [-0.15, -0.1) is 0 Å². The molecule has 1 aromatic carbocycles. The minimum absolute atomic E-state index is 0.223. The average molecular weight is 243 g/mol. The quantitative estimate of drug-likeness (QED) is 0.757. The molecule has 0 fully saturated rings. The van der Waals surface area contributed by atoms with Crippen molar-refractivity contribution >= 4 is 21.6 Å². The Labute approximate surface area is 84.7 Å². The molecule has 0 unspecified atom stereocenters. The maximum atomic E-state index is 13.5. The summed E-state index contributed by atoms with van der Waals surface area (Å²) < 4.78 is 13.7. The first-order chi connectivity index (χ1) is 6.07. The molecule has 0 aliphatic carbocycles. The van der Waals surface area contributed by atoms with Crippen molar-refractivity contribution < 1.29 is 4.39 Å². The number of hydrogen-bond acceptors (Lipinski definition) is 2. The van der Waals surface area contributed by atoms with Gasteiger partial charge in [0.25, 0.3) is 0 Å². The Balaban J connectivity index is 3.33. The van der Waals surface area contributed by atoms with Crippen molar-refractivity contribution in [1.29, 1.82) is 5.26 Å². The molecule has 0 aliphatic heterocycles. The number of hydrogen-bond donors (Lipinski definition) is 0. The van der Waals surface area contributed by atoms with Gasteiger partial charge in [0.15, 0.2) is 5.82 Å². The Kier molecular flexibility index (Phi) is 2.89. The standard InChI is InChI=1S/C9H8BrFN2/c1-13(2)7-4-3-6(5-12)8(10)9(7)11/h3-4H,1-2H3. The largest absolute Gasteiger partial charge is 0.375 e. The summed E-state index contributed by atoms with van der Waals surface area (Å²) >= 11 is 3.04. The second-order valence-corrected chi connectivity index (χ2v) is 3.56. The molecule has 0 saturated heterocycles. The van der Waals surface area contributed by atoms with E-state index in [0.717, 1.165) is 0 Å². The molecule has 0 N–H and O–H groups in total. The summed E-state index contributed by atoms with van der Waals surface area (Å²) in [6, 6.07) is 5.06. The van der Waals surface area contributed by atoms with E-state index in [2.05, 4.69) is 15.9 Å². The number of anilines is 1. The van der Waals surface area contributed by atoms with Gasteiger partial charge in [-0.1, -0.05) is 0 Å². The summed E-state index contributed by atoms with van der Waals surface area (Å²) in [5, 5.41) is 8.61. The van der Waals surface area contributed by atoms with Crippen LogP contribution in [-0.4, -0.2) is 14.1 Å². The first-order valence-corrected chi connectivity index (χ1v) is 4.42. The number of halogens is 2. The van der Waals surface area contributed by atoms with Crippen molar-refractivity contribution in [2.75, 3.05) is 19.0 Å². The molecule has 0 radical (unpaired) electrons. The van der Waals surface area contributed by atoms with Gasteiger partial charge in [0, 0.05) is 14.1 Å². The van der Waals surface area contributed by atoms with Crippen LogP contribution in [0.1, 0.15) is 5.56 Å². The van der Waals surface area contributed by atoms with Crippen molar-refractivity contribution in [2.45, 2.75) is 0 Å². The monoisotopic (exact) mass is 242 g/mol. The van der Waals surface area contributed by atoms with Crippen LogP contribution >= 0.6 is 15.9 Å². The van der Waals surface area contributed by atoms with E-state index in [4.69, 9.17) is 5.26 Å². The molecule has 1 aromatic rings. The minimum Gasteiger partial charge on any atom is -0.375 e. The van der Waals surface area contributed by atoms with Crippen LogP contribution in [0, 0.1) is 17.1 Å². The van der Waals surface area contributed by atoms with Crippen LogP contribution in [0.15, 0.2) is 16.6 Å². The molecule has 4 heteroatoms. The summed E-state index contributed by atoms with van der Waals surface area (Å²) in [6.45, 7) is 0. The molecule has 0 aromatic heterocycles. The van der Waals surface area contributed by atoms with Crippen molar-refractivity contribution in [3.8, 4) is 6.07 Å². The number of nitriles is 1. The lowest BCUT2D eigenvalue weighted by molar-refractivity contribution is 0.619. The first-order valence-electron chi connectivity index (χ1n) is 3.63. The van der Waals surface area contributed by atoms with E-state index in [0.29, 0.717) is 11.3 Å². The van der Waals surface area contributed by atoms with Gasteiger partial charge in [0.2, 0.25) is 0 Å². The summed E-state index contributed by atoms with van der Waals surface area (Å²) in [6.07, 6.45) is 0. The zero-order valence-corrected chi connectivity index (χ0v) is 8.89. The van der Waals surface area contributed by atoms with Gasteiger partial charge in [0.05, 0.1) is 15.7 Å². The second-order valence-electron chi connectivity index (χ2n) is 2.77. The highest BCUT2D eigenvalue weighted by molar-refractivity contribution is 9.10. The Bertz CT molecular complexity index is 369. The lowest BCUT2D eigenvalue weighted by Gasteiger charge is -2.14. The SMILES string of the molecule is CN(C)c1ccc(C#N)c(Br)c1F. The van der Waals surface area contributed by atoms with E-state index < -0.39 is 5.82 Å². The minimum atomic E-state index is -0.399. The highest BCUT2D eigenvalue weighted by Crippen LogP contribution is 2.27. The average Bonchev–Trinajstić information content (AvgIpc) is 2.09. The summed E-state index contributed by atoms with van der Waals surface area (Å²) in [5.74, 6) is -0.399. The van der Waals surface area contributed by atoms with Crippen LogP contribution in [-0.2, 0) is 0 Å². The molecule has 13 heavy (non-hydrogen) atoms. The van der Waals surface area contributed by atoms with E-state index in [9.17, 15) is 4.39 Å². The van der Waals surface area contributed by atoms with Crippen molar-refractivity contribution in [1.82, 2.24) is 0 Å². The van der Waals surface area contributed by atoms with E-state index in [-0.39, 0.29) is 4.47 Å². The van der Waals surface area contributed by atoms with Crippen LogP contribution in [0.2, 0.25) is 0 Å². The number of benzene rings is 1. The summed E-state index contributed by atoms with van der Waals surface area (Å²) in [5.41, 5.74) is 0.772. The van der Waals surface area contributed by atoms with Gasteiger partial charge in [-0.3, -0.25) is 0 Å². The smallest absolute Gasteiger partial charge is 0.161 e. The third-order valence-corrected chi connectivity index (χ3v) is 2.44. The topological polar surface area (TPSA) is 27.0 Å². The van der Waals surface area contributed by atoms with E-state index in [1.807, 2.05) is 6.07 Å². The third kappa shape index (κ3) is 1.81. The Hall–Kier alpha value is -1.08. The fourth-order valence-corrected chi connectivity index (χ4v) is 1.39. The fourth-order valence-electron chi connectivity index (χ4n) is 0.971. The Morgan fingerprint density at radius 2 is 2.08 bits per heavy atom. The van der Waals surface area contributed by atoms with Gasteiger partial charge >= 0.3 is 0 Å². The second kappa shape index (κ2) is 3.75. The lowest BCUT2D eigenvalue weighted by atomic mass is 10.2. The van der Waals surface area contributed by atoms with Gasteiger partial charge < -0.3 is 4.90 Å². The van der Waals surface area contributed by atoms with E-state index in [1.165, 1.54) is 0 Å². The molecule has 1 rings (SSSR count). The van der Waals surface area contributed by atoms with Crippen molar-refractivity contribution in [3.05, 3.63) is 28.0 Å². The van der Waals surface area contributed by atoms with Crippen molar-refractivity contribution in [3.63, 3.8) is 0 Å². The van der Waals surface area contributed by atoms with E-state index in [1.54, 1.807) is 31.1 Å². The van der Waals surface area contributed by atoms with Crippen LogP contribution in [0.3, 0.4) is 0 Å². The van der Waals surface area contributed by atoms with E-state index >= 15 is 0 Å². The predicted octanol–water partition coefficient (Wildman–Crippen LogP) is 2.53. The maximum absolute atomic E-state index is 13.5. The van der Waals surface area contributed by atoms with Crippen LogP contribution < -0.4 is 4.90 Å². The molecule has 68 valence electrons. The first kappa shape index (κ1) is 10.0. The lowest BCUT2D eigenvalue weighted by Crippen LogP contribution is -2.11. The Morgan fingerprint density at radius 3 is 2.54 bits per heavy atom. The number of nitrogens with zero attached hydrogens (tertiary/aromatic N) is 2. The normalized spacial score (nSPS) is 9.46. The number of rotatable bonds is 1. The van der Waals surface area contributed by atoms with Gasteiger partial charge in [-0.05, 0) is 28.1 Å².